The maximum Gasteiger partial charge on any atom is 0.395 e. The van der Waals surface area contributed by atoms with Gasteiger partial charge >= 0.3 is 17.1 Å². The van der Waals surface area contributed by atoms with E-state index in [1.165, 1.54) is 7.05 Å². The van der Waals surface area contributed by atoms with Crippen molar-refractivity contribution < 1.29 is 10.0 Å². The lowest BCUT2D eigenvalue weighted by atomic mass is 10.5. The molecule has 3 N–H and O–H groups in total. The number of nitrogen functional groups attached to an aromatic ring is 1. The second-order valence-corrected chi connectivity index (χ2v) is 2.26. The molecule has 0 aliphatic rings. The summed E-state index contributed by atoms with van der Waals surface area (Å²) in [7, 11) is 1.22. The summed E-state index contributed by atoms with van der Waals surface area (Å²) in [4.78, 5) is 23.6. The zero-order valence-corrected chi connectivity index (χ0v) is 6.59. The molecular formula is C5H6N4O4. The van der Waals surface area contributed by atoms with E-state index in [1.807, 2.05) is 0 Å². The fourth-order valence-electron chi connectivity index (χ4n) is 0.755. The first kappa shape index (κ1) is 8.97. The summed E-state index contributed by atoms with van der Waals surface area (Å²) in [6.45, 7) is 0. The van der Waals surface area contributed by atoms with Gasteiger partial charge in [-0.05, 0) is 0 Å². The molecule has 0 saturated carbocycles. The van der Waals surface area contributed by atoms with Crippen molar-refractivity contribution in [3.63, 3.8) is 0 Å². The highest BCUT2D eigenvalue weighted by Crippen LogP contribution is 2.17. The molecule has 1 aromatic rings. The van der Waals surface area contributed by atoms with Crippen molar-refractivity contribution >= 4 is 11.6 Å². The van der Waals surface area contributed by atoms with Crippen LogP contribution >= 0.6 is 0 Å². The van der Waals surface area contributed by atoms with Crippen molar-refractivity contribution in [1.29, 1.82) is 0 Å². The standard InChI is InChI=1S/C5H6N4O4/c1-8-4(11)2(9(12)13)3(10)7-5(8)6/h10H,1H3,(H2,6,7). The monoisotopic (exact) mass is 186 g/mol. The van der Waals surface area contributed by atoms with E-state index >= 15 is 0 Å². The molecule has 0 aliphatic heterocycles. The molecule has 0 fully saturated rings. The van der Waals surface area contributed by atoms with Crippen LogP contribution in [0.1, 0.15) is 0 Å². The van der Waals surface area contributed by atoms with Gasteiger partial charge in [-0.1, -0.05) is 0 Å². The molecular weight excluding hydrogens is 180 g/mol. The normalized spacial score (nSPS) is 9.92. The molecule has 1 aromatic heterocycles. The Kier molecular flexibility index (Phi) is 1.89. The highest BCUT2D eigenvalue weighted by atomic mass is 16.6. The number of anilines is 1. The van der Waals surface area contributed by atoms with E-state index in [0.717, 1.165) is 4.57 Å². The quantitative estimate of drug-likeness (QED) is 0.427. The Hall–Kier alpha value is -2.12. The smallest absolute Gasteiger partial charge is 0.395 e. The SMILES string of the molecule is Cn1c(N)nc(O)c([N+](=O)[O-])c1=O. The van der Waals surface area contributed by atoms with Gasteiger partial charge < -0.3 is 10.8 Å². The lowest BCUT2D eigenvalue weighted by molar-refractivity contribution is -0.387. The van der Waals surface area contributed by atoms with Gasteiger partial charge in [0.15, 0.2) is 0 Å². The molecule has 8 nitrogen and oxygen atoms in total. The number of nitro groups is 1. The van der Waals surface area contributed by atoms with Crippen LogP contribution in [0.4, 0.5) is 11.6 Å². The van der Waals surface area contributed by atoms with Crippen molar-refractivity contribution in [3.05, 3.63) is 20.5 Å². The Bertz CT molecular complexity index is 423. The van der Waals surface area contributed by atoms with Gasteiger partial charge in [0.1, 0.15) is 0 Å². The van der Waals surface area contributed by atoms with Crippen molar-refractivity contribution in [3.8, 4) is 5.88 Å². The van der Waals surface area contributed by atoms with Crippen molar-refractivity contribution in [2.24, 2.45) is 7.05 Å². The molecule has 8 heteroatoms. The first-order valence-electron chi connectivity index (χ1n) is 3.15. The number of hydrogen-bond donors (Lipinski definition) is 2. The zero-order chi connectivity index (χ0) is 10.2. The molecule has 0 unspecified atom stereocenters. The van der Waals surface area contributed by atoms with E-state index in [0.29, 0.717) is 0 Å². The Balaban J connectivity index is 3.63. The van der Waals surface area contributed by atoms with Crippen molar-refractivity contribution in [1.82, 2.24) is 9.55 Å². The Morgan fingerprint density at radius 2 is 2.23 bits per heavy atom. The van der Waals surface area contributed by atoms with Gasteiger partial charge in [-0.2, -0.15) is 4.98 Å². The number of aromatic hydroxyl groups is 1. The van der Waals surface area contributed by atoms with Crippen molar-refractivity contribution in [2.75, 3.05) is 5.73 Å². The van der Waals surface area contributed by atoms with E-state index < -0.39 is 22.0 Å². The summed E-state index contributed by atoms with van der Waals surface area (Å²) in [5, 5.41) is 19.2. The number of nitrogens with two attached hydrogens (primary N) is 1. The zero-order valence-electron chi connectivity index (χ0n) is 6.59. The second kappa shape index (κ2) is 2.73. The summed E-state index contributed by atoms with van der Waals surface area (Å²) in [5.41, 5.74) is 3.19. The molecule has 70 valence electrons. The summed E-state index contributed by atoms with van der Waals surface area (Å²) in [5.74, 6) is -1.25. The third kappa shape index (κ3) is 1.28. The van der Waals surface area contributed by atoms with Crippen LogP contribution in [0.5, 0.6) is 5.88 Å². The largest absolute Gasteiger partial charge is 0.488 e. The number of nitrogens with zero attached hydrogens (tertiary/aromatic N) is 3. The van der Waals surface area contributed by atoms with E-state index in [2.05, 4.69) is 4.98 Å². The summed E-state index contributed by atoms with van der Waals surface area (Å²) >= 11 is 0. The Morgan fingerprint density at radius 3 is 2.69 bits per heavy atom. The van der Waals surface area contributed by atoms with Crippen LogP contribution in [-0.2, 0) is 7.05 Å². The molecule has 13 heavy (non-hydrogen) atoms. The van der Waals surface area contributed by atoms with Crippen LogP contribution in [0, 0.1) is 10.1 Å². The van der Waals surface area contributed by atoms with Gasteiger partial charge in [0, 0.05) is 7.05 Å². The molecule has 0 aliphatic carbocycles. The van der Waals surface area contributed by atoms with Gasteiger partial charge in [-0.25, -0.2) is 0 Å². The van der Waals surface area contributed by atoms with Crippen LogP contribution < -0.4 is 11.3 Å². The second-order valence-electron chi connectivity index (χ2n) is 2.26. The third-order valence-electron chi connectivity index (χ3n) is 1.47. The molecule has 0 saturated heterocycles. The topological polar surface area (TPSA) is 124 Å². The lowest BCUT2D eigenvalue weighted by Gasteiger charge is -2.01. The summed E-state index contributed by atoms with van der Waals surface area (Å²) in [6.07, 6.45) is 0. The van der Waals surface area contributed by atoms with Gasteiger partial charge in [-0.15, -0.1) is 0 Å². The molecule has 0 atom stereocenters. The van der Waals surface area contributed by atoms with E-state index in [4.69, 9.17) is 10.8 Å². The average molecular weight is 186 g/mol. The number of rotatable bonds is 1. The van der Waals surface area contributed by atoms with Crippen molar-refractivity contribution in [2.45, 2.75) is 0 Å². The Labute approximate surface area is 71.4 Å². The van der Waals surface area contributed by atoms with Gasteiger partial charge in [0.05, 0.1) is 4.92 Å². The predicted octanol–water partition coefficient (Wildman–Crippen LogP) is -1.02. The fourth-order valence-corrected chi connectivity index (χ4v) is 0.755. The van der Waals surface area contributed by atoms with E-state index in [-0.39, 0.29) is 5.95 Å². The summed E-state index contributed by atoms with van der Waals surface area (Å²) in [6, 6.07) is 0. The molecule has 0 radical (unpaired) electrons. The third-order valence-corrected chi connectivity index (χ3v) is 1.47. The molecule has 0 spiro atoms. The minimum Gasteiger partial charge on any atom is -0.488 e. The predicted molar refractivity (Wildman–Crippen MR) is 42.2 cm³/mol. The minimum absolute atomic E-state index is 0.284. The van der Waals surface area contributed by atoms with Crippen LogP contribution in [0.25, 0.3) is 0 Å². The lowest BCUT2D eigenvalue weighted by Crippen LogP contribution is -2.23. The first-order chi connectivity index (χ1) is 5.95. The maximum absolute atomic E-state index is 11.1. The molecule has 0 amide bonds. The van der Waals surface area contributed by atoms with Crippen LogP contribution in [-0.4, -0.2) is 19.6 Å². The average Bonchev–Trinajstić information content (AvgIpc) is 1.99. The summed E-state index contributed by atoms with van der Waals surface area (Å²) < 4.78 is 0.776. The molecule has 1 rings (SSSR count). The van der Waals surface area contributed by atoms with Gasteiger partial charge in [-0.3, -0.25) is 19.5 Å². The van der Waals surface area contributed by atoms with Gasteiger partial charge in [0.25, 0.3) is 0 Å². The van der Waals surface area contributed by atoms with E-state index in [9.17, 15) is 14.9 Å². The highest BCUT2D eigenvalue weighted by Gasteiger charge is 2.23. The van der Waals surface area contributed by atoms with Crippen LogP contribution in [0.2, 0.25) is 0 Å². The van der Waals surface area contributed by atoms with E-state index in [1.54, 1.807) is 0 Å². The Morgan fingerprint density at radius 1 is 1.69 bits per heavy atom. The fraction of sp³-hybridized carbons (Fsp3) is 0.200. The van der Waals surface area contributed by atoms with Crippen LogP contribution in [0.3, 0.4) is 0 Å². The molecule has 0 bridgehead atoms. The minimum atomic E-state index is -1.01. The number of hydrogen-bond acceptors (Lipinski definition) is 6. The highest BCUT2D eigenvalue weighted by molar-refractivity contribution is 5.41. The first-order valence-corrected chi connectivity index (χ1v) is 3.15. The van der Waals surface area contributed by atoms with Crippen LogP contribution in [0.15, 0.2) is 4.79 Å². The number of aromatic nitrogens is 2. The molecule has 1 heterocycles. The maximum atomic E-state index is 11.1. The molecule has 0 aromatic carbocycles. The van der Waals surface area contributed by atoms with Gasteiger partial charge in [0.2, 0.25) is 5.95 Å².